The summed E-state index contributed by atoms with van der Waals surface area (Å²) in [6.45, 7) is 0. The van der Waals surface area contributed by atoms with E-state index in [1.807, 2.05) is 50.5 Å². The maximum Gasteiger partial charge on any atom is -0.00309 e. The van der Waals surface area contributed by atoms with Gasteiger partial charge in [0, 0.05) is 0 Å². The normalized spacial score (nSPS) is 8.40. The van der Waals surface area contributed by atoms with E-state index in [0.717, 1.165) is 0 Å². The maximum absolute atomic E-state index is 3.80. The number of hydrogen-bond acceptors (Lipinski definition) is 2. The third-order valence-electron chi connectivity index (χ3n) is 0.667. The topological polar surface area (TPSA) is 3.24 Å². The predicted octanol–water partition coefficient (Wildman–Crippen LogP) is 2.08. The molecule has 0 amide bonds. The lowest BCUT2D eigenvalue weighted by Crippen LogP contribution is -1.89. The van der Waals surface area contributed by atoms with Crippen LogP contribution >= 0.6 is 12.8 Å². The Bertz CT molecular complexity index is 110. The molecule has 0 spiro atoms. The van der Waals surface area contributed by atoms with Crippen molar-refractivity contribution in [3.63, 3.8) is 0 Å². The van der Waals surface area contributed by atoms with Crippen LogP contribution in [-0.2, 0) is 0 Å². The summed E-state index contributed by atoms with van der Waals surface area (Å²) in [4.78, 5) is 0. The molecular weight excluding hydrogens is 142 g/mol. The van der Waals surface area contributed by atoms with Gasteiger partial charge in [0.25, 0.3) is 0 Å². The Morgan fingerprint density at radius 1 is 0.800 bits per heavy atom. The molecule has 0 aliphatic rings. The van der Waals surface area contributed by atoms with Gasteiger partial charge in [-0.3, -0.25) is 4.31 Å². The second-order valence-corrected chi connectivity index (χ2v) is 2.80. The molecule has 1 aromatic rings. The minimum Gasteiger partial charge on any atom is -0.259 e. The Balaban J connectivity index is 0.000000180. The zero-order chi connectivity index (χ0) is 7.82. The highest BCUT2D eigenvalue weighted by Crippen LogP contribution is 1.79. The molecule has 0 saturated carbocycles. The number of hydrogen-bond donors (Lipinski definition) is 1. The molecule has 0 atom stereocenters. The predicted molar refractivity (Wildman–Crippen MR) is 49.1 cm³/mol. The van der Waals surface area contributed by atoms with E-state index < -0.39 is 0 Å². The fourth-order valence-corrected chi connectivity index (χ4v) is 0.385. The third kappa shape index (κ3) is 10.5. The number of rotatable bonds is 0. The van der Waals surface area contributed by atoms with Crippen LogP contribution in [0.4, 0.5) is 0 Å². The van der Waals surface area contributed by atoms with Crippen molar-refractivity contribution in [1.82, 2.24) is 4.31 Å². The van der Waals surface area contributed by atoms with E-state index in [2.05, 4.69) is 12.8 Å². The van der Waals surface area contributed by atoms with Gasteiger partial charge in [-0.2, -0.15) is 0 Å². The lowest BCUT2D eigenvalue weighted by molar-refractivity contribution is 0.714. The van der Waals surface area contributed by atoms with Crippen molar-refractivity contribution in [2.24, 2.45) is 0 Å². The van der Waals surface area contributed by atoms with Crippen LogP contribution in [0.5, 0.6) is 0 Å². The summed E-state index contributed by atoms with van der Waals surface area (Å²) in [7, 11) is 3.73. The molecule has 0 N–H and O–H groups in total. The Kier molecular flexibility index (Phi) is 6.33. The second kappa shape index (κ2) is 6.65. The fraction of sp³-hybridized carbons (Fsp3) is 0.250. The van der Waals surface area contributed by atoms with Crippen LogP contribution in [0.1, 0.15) is 0 Å². The van der Waals surface area contributed by atoms with Crippen LogP contribution in [0, 0.1) is 0 Å². The van der Waals surface area contributed by atoms with Gasteiger partial charge >= 0.3 is 0 Å². The molecule has 56 valence electrons. The highest BCUT2D eigenvalue weighted by atomic mass is 32.1. The molecule has 0 fully saturated rings. The van der Waals surface area contributed by atoms with Gasteiger partial charge in [0.1, 0.15) is 0 Å². The number of benzene rings is 1. The smallest absolute Gasteiger partial charge is 0.00309 e. The van der Waals surface area contributed by atoms with E-state index in [9.17, 15) is 0 Å². The largest absolute Gasteiger partial charge is 0.259 e. The lowest BCUT2D eigenvalue weighted by Gasteiger charge is -1.88. The van der Waals surface area contributed by atoms with E-state index in [1.54, 1.807) is 4.31 Å². The van der Waals surface area contributed by atoms with Crippen LogP contribution < -0.4 is 0 Å². The van der Waals surface area contributed by atoms with Crippen molar-refractivity contribution < 1.29 is 0 Å². The monoisotopic (exact) mass is 155 g/mol. The van der Waals surface area contributed by atoms with Gasteiger partial charge in [-0.25, -0.2) is 0 Å². The molecule has 0 aromatic heterocycles. The molecule has 10 heavy (non-hydrogen) atoms. The van der Waals surface area contributed by atoms with Gasteiger partial charge in [-0.05, 0) is 14.1 Å². The number of nitrogens with zero attached hydrogens (tertiary/aromatic N) is 1. The summed E-state index contributed by atoms with van der Waals surface area (Å²) < 4.78 is 1.69. The lowest BCUT2D eigenvalue weighted by atomic mass is 10.4. The minimum absolute atomic E-state index is 1.69. The molecule has 0 aliphatic carbocycles. The molecule has 0 radical (unpaired) electrons. The van der Waals surface area contributed by atoms with Crippen molar-refractivity contribution in [1.29, 1.82) is 0 Å². The van der Waals surface area contributed by atoms with E-state index in [1.165, 1.54) is 0 Å². The van der Waals surface area contributed by atoms with Gasteiger partial charge in [0.15, 0.2) is 0 Å². The molecule has 1 rings (SSSR count). The standard InChI is InChI=1S/C6H6.C2H7NS/c1-2-4-6-5-3-1;1-3(2)4/h1-6H;4H,1-2H3. The zero-order valence-electron chi connectivity index (χ0n) is 6.36. The summed E-state index contributed by atoms with van der Waals surface area (Å²) in [6.07, 6.45) is 0. The van der Waals surface area contributed by atoms with E-state index >= 15 is 0 Å². The molecule has 0 bridgehead atoms. The van der Waals surface area contributed by atoms with Crippen LogP contribution in [0.25, 0.3) is 0 Å². The maximum atomic E-state index is 3.80. The average Bonchev–Trinajstić information content (AvgIpc) is 1.90. The van der Waals surface area contributed by atoms with Gasteiger partial charge in [0.05, 0.1) is 0 Å². The van der Waals surface area contributed by atoms with Crippen LogP contribution in [0.2, 0.25) is 0 Å². The van der Waals surface area contributed by atoms with Gasteiger partial charge < -0.3 is 0 Å². The first kappa shape index (κ1) is 9.53. The summed E-state index contributed by atoms with van der Waals surface area (Å²) in [5.74, 6) is 0. The summed E-state index contributed by atoms with van der Waals surface area (Å²) in [5, 5.41) is 0. The number of thiol groups is 1. The van der Waals surface area contributed by atoms with Crippen LogP contribution in [0.3, 0.4) is 0 Å². The molecule has 1 aromatic carbocycles. The molecule has 0 unspecified atom stereocenters. The second-order valence-electron chi connectivity index (χ2n) is 2.00. The zero-order valence-corrected chi connectivity index (χ0v) is 7.25. The van der Waals surface area contributed by atoms with Gasteiger partial charge in [-0.15, -0.1) is 0 Å². The van der Waals surface area contributed by atoms with Crippen molar-refractivity contribution in [2.75, 3.05) is 14.1 Å². The van der Waals surface area contributed by atoms with Crippen LogP contribution in [0.15, 0.2) is 36.4 Å². The molecule has 2 heteroatoms. The van der Waals surface area contributed by atoms with Crippen molar-refractivity contribution in [3.05, 3.63) is 36.4 Å². The molecule has 0 aliphatic heterocycles. The fourth-order valence-electron chi connectivity index (χ4n) is 0.385. The quantitative estimate of drug-likeness (QED) is 0.561. The van der Waals surface area contributed by atoms with Crippen molar-refractivity contribution >= 4 is 12.8 Å². The highest BCUT2D eigenvalue weighted by molar-refractivity contribution is 7.77. The van der Waals surface area contributed by atoms with Crippen LogP contribution in [-0.4, -0.2) is 18.4 Å². The van der Waals surface area contributed by atoms with E-state index in [0.29, 0.717) is 0 Å². The SMILES string of the molecule is CN(C)S.c1ccccc1. The van der Waals surface area contributed by atoms with E-state index in [4.69, 9.17) is 0 Å². The summed E-state index contributed by atoms with van der Waals surface area (Å²) >= 11 is 3.80. The molecular formula is C8H13NS. The molecule has 0 saturated heterocycles. The van der Waals surface area contributed by atoms with E-state index in [-0.39, 0.29) is 0 Å². The molecule has 0 heterocycles. The minimum atomic E-state index is 1.69. The summed E-state index contributed by atoms with van der Waals surface area (Å²) in [5.41, 5.74) is 0. The third-order valence-corrected chi connectivity index (χ3v) is 0.667. The average molecular weight is 155 g/mol. The van der Waals surface area contributed by atoms with Gasteiger partial charge in [-0.1, -0.05) is 49.2 Å². The highest BCUT2D eigenvalue weighted by Gasteiger charge is 1.59. The van der Waals surface area contributed by atoms with Crippen molar-refractivity contribution in [2.45, 2.75) is 0 Å². The van der Waals surface area contributed by atoms with Crippen molar-refractivity contribution in [3.8, 4) is 0 Å². The first-order valence-electron chi connectivity index (χ1n) is 3.09. The Morgan fingerprint density at radius 2 is 0.900 bits per heavy atom. The first-order chi connectivity index (χ1) is 4.73. The Morgan fingerprint density at radius 3 is 1.00 bits per heavy atom. The van der Waals surface area contributed by atoms with Gasteiger partial charge in [0.2, 0.25) is 0 Å². The first-order valence-corrected chi connectivity index (χ1v) is 3.49. The Hall–Kier alpha value is -0.470. The Labute approximate surface area is 68.2 Å². The molecule has 1 nitrogen and oxygen atoms in total. The summed E-state index contributed by atoms with van der Waals surface area (Å²) in [6, 6.07) is 12.0.